The van der Waals surface area contributed by atoms with Crippen LogP contribution in [0.1, 0.15) is 33.0 Å². The van der Waals surface area contributed by atoms with Crippen LogP contribution in [0.5, 0.6) is 5.75 Å². The standard InChI is InChI=1S/C29H20F3N3O6S2/c1-14-6-2-3-7-15(14)13-41-20-11-10-16(35(39)40)12-17(20)21-22-24(42-25-23(21)43-28(38)33-25)27(37)34(26(22)36)19-9-5-4-8-18(19)29(30,31)32/h2-12,21-22,24H,13H2,1H3,(H,33,38)/t21-,22-,24+/m0/s1. The number of fused-ring (bicyclic) bond motifs is 2. The molecular formula is C29H20F3N3O6S2. The number of hydrogen-bond acceptors (Lipinski definition) is 8. The van der Waals surface area contributed by atoms with Crippen LogP contribution in [0.25, 0.3) is 0 Å². The molecule has 1 N–H and O–H groups in total. The number of aromatic nitrogens is 1. The number of aromatic amines is 1. The number of nitrogens with zero attached hydrogens (tertiary/aromatic N) is 2. The summed E-state index contributed by atoms with van der Waals surface area (Å²) in [6.07, 6.45) is -4.85. The summed E-state index contributed by atoms with van der Waals surface area (Å²) in [5.41, 5.74) is -0.154. The first-order valence-electron chi connectivity index (χ1n) is 12.8. The Kier molecular flexibility index (Phi) is 7.13. The molecule has 6 rings (SSSR count). The number of anilines is 1. The molecule has 1 saturated heterocycles. The number of carbonyl (C=O) groups is 2. The Morgan fingerprint density at radius 3 is 2.47 bits per heavy atom. The third-order valence-electron chi connectivity index (χ3n) is 7.46. The van der Waals surface area contributed by atoms with Gasteiger partial charge in [-0.2, -0.15) is 13.2 Å². The highest BCUT2D eigenvalue weighted by Gasteiger charge is 2.58. The van der Waals surface area contributed by atoms with Gasteiger partial charge in [-0.25, -0.2) is 4.90 Å². The normalized spacial score (nSPS) is 19.7. The maximum atomic E-state index is 14.1. The largest absolute Gasteiger partial charge is 0.489 e. The topological polar surface area (TPSA) is 123 Å². The van der Waals surface area contributed by atoms with Crippen LogP contribution in [-0.4, -0.2) is 27.0 Å². The summed E-state index contributed by atoms with van der Waals surface area (Å²) in [6.45, 7) is 1.96. The summed E-state index contributed by atoms with van der Waals surface area (Å²) in [4.78, 5) is 54.5. The van der Waals surface area contributed by atoms with E-state index in [2.05, 4.69) is 4.98 Å². The Morgan fingerprint density at radius 1 is 1.02 bits per heavy atom. The van der Waals surface area contributed by atoms with Crippen molar-refractivity contribution in [2.24, 2.45) is 5.92 Å². The van der Waals surface area contributed by atoms with Gasteiger partial charge in [0.05, 0.1) is 27.1 Å². The number of para-hydroxylation sites is 1. The van der Waals surface area contributed by atoms with E-state index in [4.69, 9.17) is 4.74 Å². The zero-order valence-electron chi connectivity index (χ0n) is 22.1. The van der Waals surface area contributed by atoms with E-state index in [1.807, 2.05) is 31.2 Å². The van der Waals surface area contributed by atoms with Gasteiger partial charge in [-0.1, -0.05) is 59.5 Å². The van der Waals surface area contributed by atoms with Crippen molar-refractivity contribution in [3.8, 4) is 5.75 Å². The van der Waals surface area contributed by atoms with E-state index in [1.54, 1.807) is 0 Å². The van der Waals surface area contributed by atoms with E-state index in [1.165, 1.54) is 24.3 Å². The number of thioether (sulfide) groups is 1. The van der Waals surface area contributed by atoms with Crippen molar-refractivity contribution >= 4 is 46.3 Å². The minimum Gasteiger partial charge on any atom is -0.489 e. The Balaban J connectivity index is 1.50. The first kappa shape index (κ1) is 28.7. The van der Waals surface area contributed by atoms with Gasteiger partial charge in [0.25, 0.3) is 5.69 Å². The Bertz CT molecular complexity index is 1850. The van der Waals surface area contributed by atoms with Gasteiger partial charge in [-0.3, -0.25) is 24.5 Å². The molecule has 3 heterocycles. The molecule has 43 heavy (non-hydrogen) atoms. The second-order valence-corrected chi connectivity index (χ2v) is 12.1. The number of nitro benzene ring substituents is 1. The second-order valence-electron chi connectivity index (χ2n) is 9.97. The average Bonchev–Trinajstić information content (AvgIpc) is 3.46. The molecule has 0 bridgehead atoms. The summed E-state index contributed by atoms with van der Waals surface area (Å²) in [5, 5.41) is 10.9. The molecule has 2 aliphatic rings. The van der Waals surface area contributed by atoms with Crippen LogP contribution in [0.15, 0.2) is 76.6 Å². The number of non-ortho nitro benzene ring substituents is 1. The summed E-state index contributed by atoms with van der Waals surface area (Å²) in [6, 6.07) is 15.6. The second kappa shape index (κ2) is 10.7. The molecule has 0 radical (unpaired) electrons. The fourth-order valence-electron chi connectivity index (χ4n) is 5.45. The Hall–Kier alpha value is -4.43. The summed E-state index contributed by atoms with van der Waals surface area (Å²) < 4.78 is 47.9. The molecule has 3 aromatic carbocycles. The number of halogens is 3. The number of aryl methyl sites for hydroxylation is 1. The zero-order valence-corrected chi connectivity index (χ0v) is 23.7. The molecule has 2 amide bonds. The van der Waals surface area contributed by atoms with Gasteiger partial charge in [0.2, 0.25) is 11.8 Å². The van der Waals surface area contributed by atoms with Crippen molar-refractivity contribution in [3.63, 3.8) is 0 Å². The maximum absolute atomic E-state index is 14.1. The minimum absolute atomic E-state index is 0.0707. The monoisotopic (exact) mass is 627 g/mol. The number of imide groups is 1. The molecule has 2 aliphatic heterocycles. The number of hydrogen-bond donors (Lipinski definition) is 1. The van der Waals surface area contributed by atoms with Gasteiger partial charge in [-0.15, -0.1) is 0 Å². The SMILES string of the molecule is Cc1ccccc1COc1ccc([N+](=O)[O-])cc1[C@@H]1c2sc(=O)[nH]c2S[C@H]2C(=O)N(c3ccccc3C(F)(F)F)C(=O)[C@@H]12. The van der Waals surface area contributed by atoms with Crippen LogP contribution in [0.4, 0.5) is 24.5 Å². The van der Waals surface area contributed by atoms with Gasteiger partial charge in [-0.05, 0) is 36.2 Å². The summed E-state index contributed by atoms with van der Waals surface area (Å²) in [5.74, 6) is -4.00. The lowest BCUT2D eigenvalue weighted by Crippen LogP contribution is -2.33. The predicted octanol–water partition coefficient (Wildman–Crippen LogP) is 6.05. The van der Waals surface area contributed by atoms with Crippen molar-refractivity contribution in [1.29, 1.82) is 0 Å². The van der Waals surface area contributed by atoms with Gasteiger partial charge >= 0.3 is 11.0 Å². The lowest BCUT2D eigenvalue weighted by atomic mass is 9.82. The molecule has 0 unspecified atom stereocenters. The van der Waals surface area contributed by atoms with E-state index in [-0.39, 0.29) is 28.6 Å². The number of carbonyl (C=O) groups excluding carboxylic acids is 2. The highest BCUT2D eigenvalue weighted by atomic mass is 32.2. The van der Waals surface area contributed by atoms with Gasteiger partial charge in [0.1, 0.15) is 17.6 Å². The first-order valence-corrected chi connectivity index (χ1v) is 14.5. The number of H-pyrrole nitrogens is 1. The van der Waals surface area contributed by atoms with Gasteiger partial charge in [0.15, 0.2) is 0 Å². The van der Waals surface area contributed by atoms with E-state index < -0.39 is 56.1 Å². The first-order chi connectivity index (χ1) is 20.5. The Labute approximate surface area is 249 Å². The fourth-order valence-corrected chi connectivity index (χ4v) is 7.96. The quantitative estimate of drug-likeness (QED) is 0.157. The number of nitro groups is 1. The maximum Gasteiger partial charge on any atom is 0.418 e. The number of amides is 2. The molecule has 1 aromatic heterocycles. The van der Waals surface area contributed by atoms with Crippen LogP contribution in [0.2, 0.25) is 0 Å². The zero-order chi connectivity index (χ0) is 30.6. The van der Waals surface area contributed by atoms with E-state index in [0.29, 0.717) is 9.78 Å². The highest BCUT2D eigenvalue weighted by Crippen LogP contribution is 2.55. The lowest BCUT2D eigenvalue weighted by molar-refractivity contribution is -0.385. The number of alkyl halides is 3. The van der Waals surface area contributed by atoms with Crippen LogP contribution in [-0.2, 0) is 22.4 Å². The molecule has 9 nitrogen and oxygen atoms in total. The van der Waals surface area contributed by atoms with Crippen molar-refractivity contribution < 1.29 is 32.4 Å². The number of thiazole rings is 1. The molecule has 0 saturated carbocycles. The minimum atomic E-state index is -4.85. The molecule has 0 aliphatic carbocycles. The lowest BCUT2D eigenvalue weighted by Gasteiger charge is -2.30. The Morgan fingerprint density at radius 2 is 1.74 bits per heavy atom. The number of nitrogens with one attached hydrogen (secondary N) is 1. The number of rotatable bonds is 6. The molecule has 14 heteroatoms. The number of ether oxygens (including phenoxy) is 1. The highest BCUT2D eigenvalue weighted by molar-refractivity contribution is 8.00. The van der Waals surface area contributed by atoms with Gasteiger partial charge in [0, 0.05) is 28.5 Å². The summed E-state index contributed by atoms with van der Waals surface area (Å²) in [7, 11) is 0. The van der Waals surface area contributed by atoms with E-state index in [9.17, 15) is 37.7 Å². The predicted molar refractivity (Wildman–Crippen MR) is 152 cm³/mol. The summed E-state index contributed by atoms with van der Waals surface area (Å²) >= 11 is 1.66. The van der Waals surface area contributed by atoms with Crippen LogP contribution < -0.4 is 14.5 Å². The molecule has 4 aromatic rings. The smallest absolute Gasteiger partial charge is 0.418 e. The van der Waals surface area contributed by atoms with Crippen molar-refractivity contribution in [1.82, 2.24) is 4.98 Å². The van der Waals surface area contributed by atoms with Crippen LogP contribution in [0.3, 0.4) is 0 Å². The molecular weight excluding hydrogens is 607 g/mol. The molecule has 1 fully saturated rings. The van der Waals surface area contributed by atoms with E-state index >= 15 is 0 Å². The van der Waals surface area contributed by atoms with Crippen LogP contribution in [0, 0.1) is 23.0 Å². The fraction of sp³-hybridized carbons (Fsp3) is 0.207. The third kappa shape index (κ3) is 4.99. The van der Waals surface area contributed by atoms with Gasteiger partial charge < -0.3 is 9.72 Å². The molecule has 0 spiro atoms. The average molecular weight is 628 g/mol. The van der Waals surface area contributed by atoms with Crippen molar-refractivity contribution in [2.45, 2.75) is 35.9 Å². The third-order valence-corrected chi connectivity index (χ3v) is 9.86. The number of benzene rings is 3. The van der Waals surface area contributed by atoms with E-state index in [0.717, 1.165) is 52.4 Å². The molecule has 220 valence electrons. The van der Waals surface area contributed by atoms with Crippen LogP contribution >= 0.6 is 23.1 Å². The van der Waals surface area contributed by atoms with Crippen molar-refractivity contribution in [3.05, 3.63) is 114 Å². The van der Waals surface area contributed by atoms with Crippen molar-refractivity contribution in [2.75, 3.05) is 4.90 Å². The molecule has 3 atom stereocenters.